The lowest BCUT2D eigenvalue weighted by Crippen LogP contribution is -2.47. The Morgan fingerprint density at radius 3 is 2.06 bits per heavy atom. The first-order chi connectivity index (χ1) is 15.8. The summed E-state index contributed by atoms with van der Waals surface area (Å²) in [7, 11) is 0. The van der Waals surface area contributed by atoms with Crippen molar-refractivity contribution in [3.8, 4) is 11.1 Å². The minimum atomic E-state index is -1.06. The second kappa shape index (κ2) is 9.65. The molecule has 0 aliphatic heterocycles. The van der Waals surface area contributed by atoms with Crippen molar-refractivity contribution in [3.63, 3.8) is 0 Å². The molecule has 33 heavy (non-hydrogen) atoms. The number of rotatable bonds is 9. The molecule has 4 rings (SSSR count). The lowest BCUT2D eigenvalue weighted by Gasteiger charge is -2.22. The maximum atomic E-state index is 12.6. The maximum Gasteiger partial charge on any atom is 0.407 e. The number of fused-ring (bicyclic) bond motifs is 3. The standard InChI is InChI=1S/C26H30N2O5/c1-15(2)24(25(30)31)28-23(29)13-22(16-11-12-16)27-26(32)33-14-21-19-9-5-3-7-17(19)18-8-4-6-10-20(18)21/h3-10,15-16,21-22,24H,11-14H2,1-2H3,(H,27,32)(H,28,29)(H,30,31). The minimum Gasteiger partial charge on any atom is -0.480 e. The molecule has 0 bridgehead atoms. The number of alkyl carbamates (subject to hydrolysis) is 1. The predicted molar refractivity (Wildman–Crippen MR) is 124 cm³/mol. The van der Waals surface area contributed by atoms with Crippen molar-refractivity contribution in [2.75, 3.05) is 6.61 Å². The summed E-state index contributed by atoms with van der Waals surface area (Å²) in [5.74, 6) is -1.51. The van der Waals surface area contributed by atoms with Crippen molar-refractivity contribution in [3.05, 3.63) is 59.7 Å². The van der Waals surface area contributed by atoms with Gasteiger partial charge >= 0.3 is 12.1 Å². The maximum absolute atomic E-state index is 12.6. The first kappa shape index (κ1) is 22.8. The number of carboxylic acid groups (broad SMARTS) is 1. The smallest absolute Gasteiger partial charge is 0.407 e. The highest BCUT2D eigenvalue weighted by Gasteiger charge is 2.36. The molecule has 7 heteroatoms. The Morgan fingerprint density at radius 2 is 1.55 bits per heavy atom. The molecule has 2 atom stereocenters. The number of benzene rings is 2. The summed E-state index contributed by atoms with van der Waals surface area (Å²) in [6.07, 6.45) is 1.33. The van der Waals surface area contributed by atoms with Crippen LogP contribution in [0.4, 0.5) is 4.79 Å². The summed E-state index contributed by atoms with van der Waals surface area (Å²) in [6.45, 7) is 3.69. The largest absolute Gasteiger partial charge is 0.480 e. The van der Waals surface area contributed by atoms with Crippen LogP contribution in [-0.4, -0.2) is 41.8 Å². The van der Waals surface area contributed by atoms with Gasteiger partial charge in [0.15, 0.2) is 0 Å². The van der Waals surface area contributed by atoms with Gasteiger partial charge in [-0.15, -0.1) is 0 Å². The Bertz CT molecular complexity index is 1000. The van der Waals surface area contributed by atoms with Gasteiger partial charge < -0.3 is 20.5 Å². The molecule has 0 spiro atoms. The van der Waals surface area contributed by atoms with E-state index in [1.807, 2.05) is 24.3 Å². The molecular weight excluding hydrogens is 420 g/mol. The number of aliphatic carboxylic acids is 1. The number of amides is 2. The molecule has 2 unspecified atom stereocenters. The lowest BCUT2D eigenvalue weighted by molar-refractivity contribution is -0.143. The molecule has 174 valence electrons. The normalized spacial score (nSPS) is 16.5. The van der Waals surface area contributed by atoms with Crippen molar-refractivity contribution in [2.24, 2.45) is 11.8 Å². The molecule has 1 saturated carbocycles. The van der Waals surface area contributed by atoms with Gasteiger partial charge in [0.05, 0.1) is 0 Å². The Morgan fingerprint density at radius 1 is 0.970 bits per heavy atom. The van der Waals surface area contributed by atoms with E-state index in [2.05, 4.69) is 34.9 Å². The monoisotopic (exact) mass is 450 g/mol. The average molecular weight is 451 g/mol. The van der Waals surface area contributed by atoms with Gasteiger partial charge in [-0.1, -0.05) is 62.4 Å². The van der Waals surface area contributed by atoms with E-state index in [1.165, 1.54) is 0 Å². The van der Waals surface area contributed by atoms with Crippen molar-refractivity contribution in [1.82, 2.24) is 10.6 Å². The molecule has 1 fully saturated rings. The van der Waals surface area contributed by atoms with Gasteiger partial charge in [-0.3, -0.25) is 4.79 Å². The van der Waals surface area contributed by atoms with Crippen LogP contribution in [0.1, 0.15) is 50.2 Å². The average Bonchev–Trinajstić information content (AvgIpc) is 3.58. The number of ether oxygens (including phenoxy) is 1. The van der Waals surface area contributed by atoms with Gasteiger partial charge in [-0.05, 0) is 46.9 Å². The second-order valence-electron chi connectivity index (χ2n) is 9.25. The van der Waals surface area contributed by atoms with Crippen LogP contribution < -0.4 is 10.6 Å². The molecular formula is C26H30N2O5. The molecule has 2 aliphatic carbocycles. The lowest BCUT2D eigenvalue weighted by atomic mass is 9.98. The Balaban J connectivity index is 1.36. The zero-order valence-corrected chi connectivity index (χ0v) is 18.9. The van der Waals surface area contributed by atoms with Gasteiger partial charge in [-0.2, -0.15) is 0 Å². The van der Waals surface area contributed by atoms with E-state index < -0.39 is 18.1 Å². The fourth-order valence-corrected chi connectivity index (χ4v) is 4.57. The Kier molecular flexibility index (Phi) is 6.67. The fourth-order valence-electron chi connectivity index (χ4n) is 4.57. The number of carbonyl (C=O) groups excluding carboxylic acids is 2. The van der Waals surface area contributed by atoms with E-state index in [0.29, 0.717) is 0 Å². The molecule has 0 heterocycles. The number of carboxylic acids is 1. The van der Waals surface area contributed by atoms with Crippen molar-refractivity contribution < 1.29 is 24.2 Å². The molecule has 0 aromatic heterocycles. The van der Waals surface area contributed by atoms with Crippen LogP contribution in [-0.2, 0) is 14.3 Å². The number of hydrogen-bond acceptors (Lipinski definition) is 4. The first-order valence-corrected chi connectivity index (χ1v) is 11.5. The third kappa shape index (κ3) is 5.18. The summed E-state index contributed by atoms with van der Waals surface area (Å²) in [6, 6.07) is 14.9. The molecule has 3 N–H and O–H groups in total. The zero-order valence-electron chi connectivity index (χ0n) is 18.9. The van der Waals surface area contributed by atoms with Crippen LogP contribution in [0.2, 0.25) is 0 Å². The second-order valence-corrected chi connectivity index (χ2v) is 9.25. The molecule has 2 aliphatic rings. The Hall–Kier alpha value is -3.35. The van der Waals surface area contributed by atoms with E-state index in [1.54, 1.807) is 13.8 Å². The molecule has 2 aromatic carbocycles. The SMILES string of the molecule is CC(C)C(NC(=O)CC(NC(=O)OCC1c2ccccc2-c2ccccc21)C1CC1)C(=O)O. The predicted octanol–water partition coefficient (Wildman–Crippen LogP) is 3.92. The molecule has 0 radical (unpaired) electrons. The summed E-state index contributed by atoms with van der Waals surface area (Å²) < 4.78 is 5.61. The third-order valence-corrected chi connectivity index (χ3v) is 6.49. The fraction of sp³-hybridized carbons (Fsp3) is 0.423. The zero-order chi connectivity index (χ0) is 23.5. The van der Waals surface area contributed by atoms with Crippen LogP contribution >= 0.6 is 0 Å². The van der Waals surface area contributed by atoms with E-state index >= 15 is 0 Å². The van der Waals surface area contributed by atoms with E-state index in [-0.39, 0.29) is 42.7 Å². The third-order valence-electron chi connectivity index (χ3n) is 6.49. The number of nitrogens with one attached hydrogen (secondary N) is 2. The van der Waals surface area contributed by atoms with Gasteiger partial charge in [-0.25, -0.2) is 9.59 Å². The summed E-state index contributed by atoms with van der Waals surface area (Å²) in [5, 5.41) is 14.7. The van der Waals surface area contributed by atoms with Gasteiger partial charge in [0.25, 0.3) is 0 Å². The highest BCUT2D eigenvalue weighted by Crippen LogP contribution is 2.44. The van der Waals surface area contributed by atoms with Gasteiger partial charge in [0.2, 0.25) is 5.91 Å². The highest BCUT2D eigenvalue weighted by atomic mass is 16.5. The molecule has 0 saturated heterocycles. The van der Waals surface area contributed by atoms with E-state index in [0.717, 1.165) is 35.1 Å². The minimum absolute atomic E-state index is 0.0331. The van der Waals surface area contributed by atoms with Gasteiger partial charge in [0, 0.05) is 18.4 Å². The highest BCUT2D eigenvalue weighted by molar-refractivity contribution is 5.84. The van der Waals surface area contributed by atoms with Crippen LogP contribution in [0.15, 0.2) is 48.5 Å². The summed E-state index contributed by atoms with van der Waals surface area (Å²) in [5.41, 5.74) is 4.59. The van der Waals surface area contributed by atoms with Crippen LogP contribution in [0.25, 0.3) is 11.1 Å². The summed E-state index contributed by atoms with van der Waals surface area (Å²) >= 11 is 0. The van der Waals surface area contributed by atoms with Crippen molar-refractivity contribution in [1.29, 1.82) is 0 Å². The van der Waals surface area contributed by atoms with Crippen molar-refractivity contribution >= 4 is 18.0 Å². The van der Waals surface area contributed by atoms with Gasteiger partial charge in [0.1, 0.15) is 12.6 Å². The first-order valence-electron chi connectivity index (χ1n) is 11.5. The molecule has 2 aromatic rings. The van der Waals surface area contributed by atoms with E-state index in [9.17, 15) is 19.5 Å². The Labute approximate surface area is 193 Å². The quantitative estimate of drug-likeness (QED) is 0.537. The molecule has 7 nitrogen and oxygen atoms in total. The topological polar surface area (TPSA) is 105 Å². The van der Waals surface area contributed by atoms with E-state index in [4.69, 9.17) is 4.74 Å². The van der Waals surface area contributed by atoms with Crippen LogP contribution in [0.5, 0.6) is 0 Å². The number of carbonyl (C=O) groups is 3. The molecule has 2 amide bonds. The van der Waals surface area contributed by atoms with Crippen LogP contribution in [0.3, 0.4) is 0 Å². The summed E-state index contributed by atoms with van der Waals surface area (Å²) in [4.78, 5) is 36.5. The number of hydrogen-bond donors (Lipinski definition) is 3. The van der Waals surface area contributed by atoms with Crippen LogP contribution in [0, 0.1) is 11.8 Å². The van der Waals surface area contributed by atoms with Crippen molar-refractivity contribution in [2.45, 2.75) is 51.1 Å².